The van der Waals surface area contributed by atoms with Gasteiger partial charge in [-0.3, -0.25) is 4.79 Å². The van der Waals surface area contributed by atoms with Crippen LogP contribution in [0.2, 0.25) is 28.2 Å². The first-order chi connectivity index (χ1) is 9.86. The van der Waals surface area contributed by atoms with Crippen molar-refractivity contribution in [1.29, 1.82) is 0 Å². The van der Waals surface area contributed by atoms with Gasteiger partial charge in [-0.2, -0.15) is 0 Å². The average molecular weight is 367 g/mol. The Hall–Kier alpha value is -0.623. The van der Waals surface area contributed by atoms with Crippen LogP contribution in [0.3, 0.4) is 0 Å². The van der Waals surface area contributed by atoms with Crippen LogP contribution in [0.15, 0.2) is 6.07 Å². The number of hydrogen-bond donors (Lipinski definition) is 1. The van der Waals surface area contributed by atoms with Crippen molar-refractivity contribution < 1.29 is 18.7 Å². The van der Waals surface area contributed by atoms with Crippen LogP contribution < -0.4 is 0 Å². The summed E-state index contributed by atoms with van der Waals surface area (Å²) in [5.74, 6) is -1.89. The highest BCUT2D eigenvalue weighted by molar-refractivity contribution is 6.74. The molecule has 0 saturated heterocycles. The van der Waals surface area contributed by atoms with Gasteiger partial charge in [-0.1, -0.05) is 44.0 Å². The van der Waals surface area contributed by atoms with Crippen molar-refractivity contribution in [3.63, 3.8) is 0 Å². The third-order valence-electron chi connectivity index (χ3n) is 4.05. The van der Waals surface area contributed by atoms with Gasteiger partial charge >= 0.3 is 5.97 Å². The van der Waals surface area contributed by atoms with E-state index in [9.17, 15) is 9.18 Å². The smallest absolute Gasteiger partial charge is 0.307 e. The molecule has 7 heteroatoms. The zero-order valence-corrected chi connectivity index (χ0v) is 15.9. The minimum absolute atomic E-state index is 0.00768. The maximum atomic E-state index is 14.2. The first kappa shape index (κ1) is 19.4. The molecular weight excluding hydrogens is 346 g/mol. The fourth-order valence-electron chi connectivity index (χ4n) is 1.57. The minimum atomic E-state index is -2.02. The molecule has 0 unspecified atom stereocenters. The minimum Gasteiger partial charge on any atom is -0.481 e. The molecule has 0 aliphatic rings. The normalized spacial score (nSPS) is 12.5. The molecule has 1 aromatic rings. The number of aliphatic carboxylic acids is 1. The van der Waals surface area contributed by atoms with Crippen molar-refractivity contribution in [2.45, 2.75) is 51.9 Å². The maximum absolute atomic E-state index is 14.2. The van der Waals surface area contributed by atoms with Gasteiger partial charge in [-0.05, 0) is 24.2 Å². The van der Waals surface area contributed by atoms with Gasteiger partial charge in [0, 0.05) is 16.1 Å². The fourth-order valence-corrected chi connectivity index (χ4v) is 3.12. The summed E-state index contributed by atoms with van der Waals surface area (Å²) in [6, 6.07) is 1.31. The third kappa shape index (κ3) is 4.44. The number of rotatable bonds is 5. The van der Waals surface area contributed by atoms with E-state index >= 15 is 0 Å². The second-order valence-corrected chi connectivity index (χ2v) is 12.3. The fraction of sp³-hybridized carbons (Fsp3) is 0.533. The first-order valence-electron chi connectivity index (χ1n) is 6.88. The molecule has 0 heterocycles. The third-order valence-corrected chi connectivity index (χ3v) is 9.26. The zero-order valence-electron chi connectivity index (χ0n) is 13.4. The second-order valence-electron chi connectivity index (χ2n) is 6.74. The van der Waals surface area contributed by atoms with Crippen LogP contribution in [-0.2, 0) is 22.2 Å². The lowest BCUT2D eigenvalue weighted by atomic mass is 10.1. The van der Waals surface area contributed by atoms with Crippen LogP contribution >= 0.6 is 23.2 Å². The summed E-state index contributed by atoms with van der Waals surface area (Å²) in [5, 5.41) is 8.84. The summed E-state index contributed by atoms with van der Waals surface area (Å²) < 4.78 is 20.2. The van der Waals surface area contributed by atoms with E-state index in [1.54, 1.807) is 0 Å². The molecular formula is C15H21Cl2FO3Si. The summed E-state index contributed by atoms with van der Waals surface area (Å²) in [7, 11) is -2.02. The SMILES string of the molecule is CC(C)(C)[Si](C)(C)OCc1c(Cl)cc(CC(=O)O)c(F)c1Cl. The highest BCUT2D eigenvalue weighted by atomic mass is 35.5. The first-order valence-corrected chi connectivity index (χ1v) is 10.5. The molecule has 0 aliphatic carbocycles. The maximum Gasteiger partial charge on any atom is 0.307 e. The predicted molar refractivity (Wildman–Crippen MR) is 89.7 cm³/mol. The van der Waals surface area contributed by atoms with Crippen LogP contribution in [0.4, 0.5) is 4.39 Å². The van der Waals surface area contributed by atoms with E-state index in [0.29, 0.717) is 5.56 Å². The predicted octanol–water partition coefficient (Wildman–Crippen LogP) is 5.28. The molecule has 0 atom stereocenters. The van der Waals surface area contributed by atoms with E-state index in [0.717, 1.165) is 0 Å². The molecule has 1 N–H and O–H groups in total. The van der Waals surface area contributed by atoms with Crippen molar-refractivity contribution in [1.82, 2.24) is 0 Å². The van der Waals surface area contributed by atoms with Crippen molar-refractivity contribution >= 4 is 37.5 Å². The number of carboxylic acids is 1. The van der Waals surface area contributed by atoms with Gasteiger partial charge in [0.25, 0.3) is 0 Å². The summed E-state index contributed by atoms with van der Waals surface area (Å²) in [4.78, 5) is 10.7. The van der Waals surface area contributed by atoms with E-state index in [-0.39, 0.29) is 27.3 Å². The molecule has 124 valence electrons. The summed E-state index contributed by atoms with van der Waals surface area (Å²) in [6.07, 6.45) is -0.464. The molecule has 0 aromatic heterocycles. The Morgan fingerprint density at radius 1 is 1.36 bits per heavy atom. The molecule has 0 fully saturated rings. The number of benzene rings is 1. The second kappa shape index (κ2) is 6.87. The van der Waals surface area contributed by atoms with Gasteiger partial charge in [0.05, 0.1) is 18.1 Å². The highest BCUT2D eigenvalue weighted by Gasteiger charge is 2.37. The van der Waals surface area contributed by atoms with Gasteiger partial charge in [0.2, 0.25) is 0 Å². The Labute approximate surface area is 141 Å². The summed E-state index contributed by atoms with van der Waals surface area (Å²) >= 11 is 12.1. The molecule has 0 spiro atoms. The molecule has 1 aromatic carbocycles. The van der Waals surface area contributed by atoms with Gasteiger partial charge in [0.15, 0.2) is 8.32 Å². The van der Waals surface area contributed by atoms with Crippen molar-refractivity contribution in [3.05, 3.63) is 33.1 Å². The molecule has 0 radical (unpaired) electrons. The van der Waals surface area contributed by atoms with Crippen molar-refractivity contribution in [3.8, 4) is 0 Å². The van der Waals surface area contributed by atoms with Crippen molar-refractivity contribution in [2.24, 2.45) is 0 Å². The summed E-state index contributed by atoms with van der Waals surface area (Å²) in [6.45, 7) is 10.5. The van der Waals surface area contributed by atoms with Crippen LogP contribution in [0.1, 0.15) is 31.9 Å². The largest absolute Gasteiger partial charge is 0.481 e. The van der Waals surface area contributed by atoms with E-state index in [1.165, 1.54) is 6.07 Å². The molecule has 22 heavy (non-hydrogen) atoms. The Bertz CT molecular complexity index is 583. The molecule has 3 nitrogen and oxygen atoms in total. The molecule has 0 saturated carbocycles. The van der Waals surface area contributed by atoms with E-state index in [1.807, 2.05) is 0 Å². The highest BCUT2D eigenvalue weighted by Crippen LogP contribution is 2.38. The number of halogens is 3. The quantitative estimate of drug-likeness (QED) is 0.569. The average Bonchev–Trinajstić information content (AvgIpc) is 2.33. The Morgan fingerprint density at radius 2 is 1.91 bits per heavy atom. The Kier molecular flexibility index (Phi) is 6.06. The zero-order chi connectivity index (χ0) is 17.3. The Balaban J connectivity index is 3.08. The lowest BCUT2D eigenvalue weighted by Gasteiger charge is -2.36. The number of carbonyl (C=O) groups is 1. The van der Waals surface area contributed by atoms with Gasteiger partial charge < -0.3 is 9.53 Å². The Morgan fingerprint density at radius 3 is 2.36 bits per heavy atom. The topological polar surface area (TPSA) is 46.5 Å². The summed E-state index contributed by atoms with van der Waals surface area (Å²) in [5.41, 5.74) is 0.332. The van der Waals surface area contributed by atoms with Crippen LogP contribution in [0, 0.1) is 5.82 Å². The number of carboxylic acid groups (broad SMARTS) is 1. The molecule has 1 rings (SSSR count). The number of hydrogen-bond acceptors (Lipinski definition) is 2. The lowest BCUT2D eigenvalue weighted by molar-refractivity contribution is -0.136. The molecule has 0 bridgehead atoms. The monoisotopic (exact) mass is 366 g/mol. The van der Waals surface area contributed by atoms with E-state index < -0.39 is 26.5 Å². The van der Waals surface area contributed by atoms with Crippen molar-refractivity contribution in [2.75, 3.05) is 0 Å². The van der Waals surface area contributed by atoms with Gasteiger partial charge in [-0.15, -0.1) is 0 Å². The lowest BCUT2D eigenvalue weighted by Crippen LogP contribution is -2.40. The van der Waals surface area contributed by atoms with Gasteiger partial charge in [-0.25, -0.2) is 4.39 Å². The molecule has 0 amide bonds. The van der Waals surface area contributed by atoms with Crippen LogP contribution in [0.25, 0.3) is 0 Å². The van der Waals surface area contributed by atoms with Gasteiger partial charge in [0.1, 0.15) is 5.82 Å². The van der Waals surface area contributed by atoms with E-state index in [4.69, 9.17) is 32.7 Å². The van der Waals surface area contributed by atoms with E-state index in [2.05, 4.69) is 33.9 Å². The standard InChI is InChI=1S/C15H21Cl2FO3Si/c1-15(2,3)22(4,5)21-8-10-11(16)6-9(7-12(19)20)14(18)13(10)17/h6H,7-8H2,1-5H3,(H,19,20). The van der Waals surface area contributed by atoms with Crippen LogP contribution in [0.5, 0.6) is 0 Å². The van der Waals surface area contributed by atoms with Crippen LogP contribution in [-0.4, -0.2) is 19.4 Å². The molecule has 0 aliphatic heterocycles.